The van der Waals surface area contributed by atoms with Crippen LogP contribution >= 0.6 is 23.2 Å². The molecule has 0 saturated heterocycles. The number of aliphatic hydroxyl groups excluding tert-OH is 1. The lowest BCUT2D eigenvalue weighted by Crippen LogP contribution is -2.36. The van der Waals surface area contributed by atoms with Gasteiger partial charge in [-0.2, -0.15) is 0 Å². The number of rotatable bonds is 4. The Kier molecular flexibility index (Phi) is 3.83. The quantitative estimate of drug-likeness (QED) is 0.840. The van der Waals surface area contributed by atoms with Crippen LogP contribution in [0.5, 0.6) is 0 Å². The van der Waals surface area contributed by atoms with Gasteiger partial charge in [0.05, 0.1) is 11.5 Å². The zero-order chi connectivity index (χ0) is 14.3. The number of hydrogen-bond acceptors (Lipinski definition) is 2. The zero-order valence-electron chi connectivity index (χ0n) is 10.9. The molecule has 2 atom stereocenters. The molecule has 0 aliphatic heterocycles. The highest BCUT2D eigenvalue weighted by atomic mass is 35.5. The molecule has 19 heavy (non-hydrogen) atoms. The lowest BCUT2D eigenvalue weighted by Gasteiger charge is -2.17. The van der Waals surface area contributed by atoms with Crippen molar-refractivity contribution >= 4 is 29.1 Å². The third-order valence-corrected chi connectivity index (χ3v) is 4.86. The minimum atomic E-state index is -0.981. The van der Waals surface area contributed by atoms with Crippen molar-refractivity contribution in [2.75, 3.05) is 6.54 Å². The number of nitrogens with one attached hydrogen (secondary N) is 1. The molecule has 0 aromatic heterocycles. The fraction of sp³-hybridized carbons (Fsp3) is 0.500. The Morgan fingerprint density at radius 1 is 1.47 bits per heavy atom. The van der Waals surface area contributed by atoms with Crippen molar-refractivity contribution < 1.29 is 9.90 Å². The first-order chi connectivity index (χ1) is 8.78. The highest BCUT2D eigenvalue weighted by Crippen LogP contribution is 2.63. The Balaban J connectivity index is 1.93. The van der Waals surface area contributed by atoms with Gasteiger partial charge in [0.2, 0.25) is 5.91 Å². The van der Waals surface area contributed by atoms with Gasteiger partial charge in [0.15, 0.2) is 0 Å². The molecule has 0 spiro atoms. The van der Waals surface area contributed by atoms with Gasteiger partial charge in [-0.15, -0.1) is 23.2 Å². The van der Waals surface area contributed by atoms with E-state index in [9.17, 15) is 9.90 Å². The van der Waals surface area contributed by atoms with E-state index in [1.165, 1.54) is 0 Å². The first-order valence-corrected chi connectivity index (χ1v) is 6.93. The average molecular weight is 302 g/mol. The molecule has 1 amide bonds. The van der Waals surface area contributed by atoms with Gasteiger partial charge in [0.25, 0.3) is 0 Å². The molecule has 0 heterocycles. The van der Waals surface area contributed by atoms with E-state index >= 15 is 0 Å². The largest absolute Gasteiger partial charge is 0.387 e. The number of amides is 1. The molecule has 5 heteroatoms. The van der Waals surface area contributed by atoms with E-state index in [2.05, 4.69) is 5.32 Å². The van der Waals surface area contributed by atoms with E-state index in [1.807, 2.05) is 31.2 Å². The zero-order valence-corrected chi connectivity index (χ0v) is 12.4. The van der Waals surface area contributed by atoms with Crippen LogP contribution in [0, 0.1) is 12.3 Å². The Morgan fingerprint density at radius 3 is 2.58 bits per heavy atom. The van der Waals surface area contributed by atoms with E-state index in [0.717, 1.165) is 11.1 Å². The molecule has 0 radical (unpaired) electrons. The number of aliphatic hydroxyl groups is 1. The van der Waals surface area contributed by atoms with Crippen molar-refractivity contribution in [3.8, 4) is 0 Å². The molecule has 1 aromatic rings. The molecule has 1 fully saturated rings. The van der Waals surface area contributed by atoms with E-state index < -0.39 is 15.9 Å². The maximum absolute atomic E-state index is 12.0. The molecule has 1 aromatic carbocycles. The molecule has 1 aliphatic carbocycles. The van der Waals surface area contributed by atoms with E-state index in [-0.39, 0.29) is 12.5 Å². The number of benzene rings is 1. The Hall–Kier alpha value is -0.770. The summed E-state index contributed by atoms with van der Waals surface area (Å²) in [7, 11) is 0. The summed E-state index contributed by atoms with van der Waals surface area (Å²) >= 11 is 11.9. The van der Waals surface area contributed by atoms with Crippen LogP contribution in [0.4, 0.5) is 0 Å². The fourth-order valence-electron chi connectivity index (χ4n) is 2.10. The van der Waals surface area contributed by atoms with E-state index in [1.54, 1.807) is 6.92 Å². The second-order valence-corrected chi connectivity index (χ2v) is 6.78. The Morgan fingerprint density at radius 2 is 2.05 bits per heavy atom. The lowest BCUT2D eigenvalue weighted by molar-refractivity contribution is -0.126. The van der Waals surface area contributed by atoms with Gasteiger partial charge in [-0.3, -0.25) is 4.79 Å². The molecule has 104 valence electrons. The van der Waals surface area contributed by atoms with Crippen molar-refractivity contribution in [3.63, 3.8) is 0 Å². The molecule has 1 aliphatic rings. The number of halogens is 2. The highest BCUT2D eigenvalue weighted by molar-refractivity contribution is 6.53. The van der Waals surface area contributed by atoms with Crippen molar-refractivity contribution in [1.29, 1.82) is 0 Å². The summed E-state index contributed by atoms with van der Waals surface area (Å²) in [4.78, 5) is 12.0. The summed E-state index contributed by atoms with van der Waals surface area (Å²) in [5.41, 5.74) is 1.05. The average Bonchev–Trinajstić information content (AvgIpc) is 2.87. The van der Waals surface area contributed by atoms with Gasteiger partial charge in [0, 0.05) is 6.54 Å². The van der Waals surface area contributed by atoms with Crippen LogP contribution in [-0.4, -0.2) is 21.9 Å². The summed E-state index contributed by atoms with van der Waals surface area (Å²) in [6, 6.07) is 7.53. The maximum atomic E-state index is 12.0. The standard InChI is InChI=1S/C14H17Cl2NO2/c1-9-5-3-4-6-10(9)11(18)7-17-12(19)13(2)8-14(13,15)16/h3-6,11,18H,7-8H2,1-2H3,(H,17,19). The number of alkyl halides is 2. The summed E-state index contributed by atoms with van der Waals surface area (Å²) in [5.74, 6) is -0.217. The van der Waals surface area contributed by atoms with Gasteiger partial charge >= 0.3 is 0 Å². The smallest absolute Gasteiger partial charge is 0.229 e. The highest BCUT2D eigenvalue weighted by Gasteiger charge is 2.67. The van der Waals surface area contributed by atoms with Crippen LogP contribution in [0.25, 0.3) is 0 Å². The molecule has 2 N–H and O–H groups in total. The van der Waals surface area contributed by atoms with Crippen LogP contribution in [0.3, 0.4) is 0 Å². The molecule has 2 rings (SSSR count). The summed E-state index contributed by atoms with van der Waals surface area (Å²) in [5, 5.41) is 12.8. The molecular weight excluding hydrogens is 285 g/mol. The summed E-state index contributed by atoms with van der Waals surface area (Å²) < 4.78 is -0.981. The predicted molar refractivity (Wildman–Crippen MR) is 76.3 cm³/mol. The maximum Gasteiger partial charge on any atom is 0.229 e. The number of aryl methyl sites for hydroxylation is 1. The SMILES string of the molecule is Cc1ccccc1C(O)CNC(=O)C1(C)CC1(Cl)Cl. The van der Waals surface area contributed by atoms with Gasteiger partial charge in [-0.05, 0) is 31.4 Å². The topological polar surface area (TPSA) is 49.3 Å². The van der Waals surface area contributed by atoms with Gasteiger partial charge in [-0.25, -0.2) is 0 Å². The minimum Gasteiger partial charge on any atom is -0.387 e. The van der Waals surface area contributed by atoms with Crippen molar-refractivity contribution in [3.05, 3.63) is 35.4 Å². The van der Waals surface area contributed by atoms with Gasteiger partial charge < -0.3 is 10.4 Å². The number of carbonyl (C=O) groups excluding carboxylic acids is 1. The summed E-state index contributed by atoms with van der Waals surface area (Å²) in [6.07, 6.45) is -0.289. The fourth-order valence-corrected chi connectivity index (χ4v) is 2.81. The first-order valence-electron chi connectivity index (χ1n) is 6.18. The van der Waals surface area contributed by atoms with Gasteiger partial charge in [-0.1, -0.05) is 24.3 Å². The summed E-state index contributed by atoms with van der Waals surface area (Å²) in [6.45, 7) is 3.80. The number of carbonyl (C=O) groups is 1. The Labute approximate surface area is 122 Å². The first kappa shape index (κ1) is 14.6. The molecule has 2 unspecified atom stereocenters. The van der Waals surface area contributed by atoms with Crippen LogP contribution in [0.1, 0.15) is 30.6 Å². The molecule has 1 saturated carbocycles. The normalized spacial score (nSPS) is 25.7. The van der Waals surface area contributed by atoms with Crippen LogP contribution in [0.15, 0.2) is 24.3 Å². The van der Waals surface area contributed by atoms with Crippen LogP contribution in [0.2, 0.25) is 0 Å². The van der Waals surface area contributed by atoms with Crippen molar-refractivity contribution in [2.24, 2.45) is 5.41 Å². The predicted octanol–water partition coefficient (Wildman–Crippen LogP) is 2.73. The minimum absolute atomic E-state index is 0.156. The van der Waals surface area contributed by atoms with Crippen molar-refractivity contribution in [2.45, 2.75) is 30.7 Å². The molecule has 0 bridgehead atoms. The second kappa shape index (κ2) is 4.97. The second-order valence-electron chi connectivity index (χ2n) is 5.30. The third-order valence-electron chi connectivity index (χ3n) is 3.76. The van der Waals surface area contributed by atoms with Crippen LogP contribution < -0.4 is 5.32 Å². The van der Waals surface area contributed by atoms with E-state index in [0.29, 0.717) is 6.42 Å². The monoisotopic (exact) mass is 301 g/mol. The van der Waals surface area contributed by atoms with E-state index in [4.69, 9.17) is 23.2 Å². The Bertz CT molecular complexity index is 504. The van der Waals surface area contributed by atoms with Crippen LogP contribution in [-0.2, 0) is 4.79 Å². The molecular formula is C14H17Cl2NO2. The third kappa shape index (κ3) is 2.73. The van der Waals surface area contributed by atoms with Gasteiger partial charge in [0.1, 0.15) is 4.33 Å². The number of hydrogen-bond donors (Lipinski definition) is 2. The molecule has 3 nitrogen and oxygen atoms in total. The van der Waals surface area contributed by atoms with Crippen molar-refractivity contribution in [1.82, 2.24) is 5.32 Å². The lowest BCUT2D eigenvalue weighted by atomic mass is 10.0.